The van der Waals surface area contributed by atoms with E-state index in [4.69, 9.17) is 0 Å². The van der Waals surface area contributed by atoms with Gasteiger partial charge in [0.1, 0.15) is 0 Å². The van der Waals surface area contributed by atoms with E-state index in [1.54, 1.807) is 0 Å². The lowest BCUT2D eigenvalue weighted by Crippen LogP contribution is -1.80. The predicted octanol–water partition coefficient (Wildman–Crippen LogP) is 5.15. The first-order valence-corrected chi connectivity index (χ1v) is 6.77. The quantitative estimate of drug-likeness (QED) is 0.679. The smallest absolute Gasteiger partial charge is 0.0349 e. The molecule has 1 heterocycles. The first-order chi connectivity index (χ1) is 8.43. The standard InChI is InChI=1S/C16H14S/c1-3-7-13(8-4-1)15-11-12-16(17-15)14-9-5-2-6-10-14/h1,3-5,7-12H,2,6H2. The molecule has 0 radical (unpaired) electrons. The van der Waals surface area contributed by atoms with Gasteiger partial charge in [0.25, 0.3) is 0 Å². The van der Waals surface area contributed by atoms with Gasteiger partial charge in [0.15, 0.2) is 0 Å². The maximum absolute atomic E-state index is 2.33. The average Bonchev–Trinajstić information content (AvgIpc) is 2.90. The summed E-state index contributed by atoms with van der Waals surface area (Å²) in [5.41, 5.74) is 2.69. The minimum absolute atomic E-state index is 1.17. The Hall–Kier alpha value is -1.60. The Morgan fingerprint density at radius 1 is 0.824 bits per heavy atom. The molecule has 1 aliphatic carbocycles. The Morgan fingerprint density at radius 2 is 1.65 bits per heavy atom. The summed E-state index contributed by atoms with van der Waals surface area (Å²) in [6.07, 6.45) is 9.19. The van der Waals surface area contributed by atoms with Crippen LogP contribution in [-0.2, 0) is 0 Å². The summed E-state index contributed by atoms with van der Waals surface area (Å²) in [4.78, 5) is 2.72. The lowest BCUT2D eigenvalue weighted by atomic mass is 10.1. The summed E-state index contributed by atoms with van der Waals surface area (Å²) < 4.78 is 0. The topological polar surface area (TPSA) is 0 Å². The molecular formula is C16H14S. The molecule has 1 aliphatic rings. The van der Waals surface area contributed by atoms with E-state index >= 15 is 0 Å². The molecule has 0 N–H and O–H groups in total. The van der Waals surface area contributed by atoms with Gasteiger partial charge in [0.2, 0.25) is 0 Å². The zero-order chi connectivity index (χ0) is 11.5. The summed E-state index contributed by atoms with van der Waals surface area (Å²) in [6, 6.07) is 15.0. The largest absolute Gasteiger partial charge is 0.135 e. The van der Waals surface area contributed by atoms with Crippen molar-refractivity contribution in [2.75, 3.05) is 0 Å². The maximum atomic E-state index is 2.33. The van der Waals surface area contributed by atoms with Crippen molar-refractivity contribution in [1.82, 2.24) is 0 Å². The van der Waals surface area contributed by atoms with Crippen molar-refractivity contribution >= 4 is 16.9 Å². The lowest BCUT2D eigenvalue weighted by molar-refractivity contribution is 1.04. The summed E-state index contributed by atoms with van der Waals surface area (Å²) in [6.45, 7) is 0. The molecule has 0 aliphatic heterocycles. The second-order valence-electron chi connectivity index (χ2n) is 4.17. The molecule has 0 saturated heterocycles. The van der Waals surface area contributed by atoms with E-state index in [2.05, 4.69) is 60.7 Å². The molecule has 17 heavy (non-hydrogen) atoms. The third-order valence-corrected chi connectivity index (χ3v) is 4.13. The van der Waals surface area contributed by atoms with Crippen molar-refractivity contribution in [3.8, 4) is 10.4 Å². The molecule has 84 valence electrons. The fourth-order valence-electron chi connectivity index (χ4n) is 2.05. The van der Waals surface area contributed by atoms with Crippen molar-refractivity contribution in [2.24, 2.45) is 0 Å². The summed E-state index contributed by atoms with van der Waals surface area (Å²) in [5, 5.41) is 0. The molecule has 0 fully saturated rings. The molecule has 0 spiro atoms. The molecule has 1 aromatic carbocycles. The Kier molecular flexibility index (Phi) is 2.93. The van der Waals surface area contributed by atoms with E-state index in [0.29, 0.717) is 0 Å². The van der Waals surface area contributed by atoms with Gasteiger partial charge in [-0.2, -0.15) is 0 Å². The summed E-state index contributed by atoms with van der Waals surface area (Å²) in [7, 11) is 0. The van der Waals surface area contributed by atoms with Crippen LogP contribution in [0.2, 0.25) is 0 Å². The van der Waals surface area contributed by atoms with Crippen molar-refractivity contribution in [3.63, 3.8) is 0 Å². The number of allylic oxidation sites excluding steroid dienone is 4. The molecule has 0 unspecified atom stereocenters. The van der Waals surface area contributed by atoms with Gasteiger partial charge in [-0.15, -0.1) is 11.3 Å². The number of thiophene rings is 1. The number of rotatable bonds is 2. The van der Waals surface area contributed by atoms with Gasteiger partial charge < -0.3 is 0 Å². The Labute approximate surface area is 106 Å². The second kappa shape index (κ2) is 4.72. The van der Waals surface area contributed by atoms with Crippen LogP contribution in [0.4, 0.5) is 0 Å². The van der Waals surface area contributed by atoms with Crippen LogP contribution in [-0.4, -0.2) is 0 Å². The molecule has 0 amide bonds. The third kappa shape index (κ3) is 2.25. The summed E-state index contributed by atoms with van der Waals surface area (Å²) >= 11 is 1.87. The molecule has 0 atom stereocenters. The highest BCUT2D eigenvalue weighted by Gasteiger charge is 2.06. The van der Waals surface area contributed by atoms with E-state index in [1.807, 2.05) is 11.3 Å². The minimum Gasteiger partial charge on any atom is -0.135 e. The SMILES string of the molecule is C1=CC(c2ccc(-c3ccccc3)s2)=CCC1. The van der Waals surface area contributed by atoms with Crippen molar-refractivity contribution in [2.45, 2.75) is 12.8 Å². The fourth-order valence-corrected chi connectivity index (χ4v) is 3.08. The van der Waals surface area contributed by atoms with Gasteiger partial charge >= 0.3 is 0 Å². The van der Waals surface area contributed by atoms with Gasteiger partial charge in [-0.1, -0.05) is 48.6 Å². The van der Waals surface area contributed by atoms with Crippen molar-refractivity contribution in [3.05, 3.63) is 65.6 Å². The summed E-state index contributed by atoms with van der Waals surface area (Å²) in [5.74, 6) is 0. The van der Waals surface area contributed by atoms with E-state index in [1.165, 1.54) is 33.7 Å². The van der Waals surface area contributed by atoms with Crippen LogP contribution in [0.1, 0.15) is 17.7 Å². The Morgan fingerprint density at radius 3 is 2.41 bits per heavy atom. The molecule has 2 aromatic rings. The molecular weight excluding hydrogens is 224 g/mol. The zero-order valence-electron chi connectivity index (χ0n) is 9.60. The van der Waals surface area contributed by atoms with Gasteiger partial charge in [-0.25, -0.2) is 0 Å². The van der Waals surface area contributed by atoms with E-state index < -0.39 is 0 Å². The first kappa shape index (κ1) is 10.5. The monoisotopic (exact) mass is 238 g/mol. The van der Waals surface area contributed by atoms with Crippen molar-refractivity contribution in [1.29, 1.82) is 0 Å². The fraction of sp³-hybridized carbons (Fsp3) is 0.125. The van der Waals surface area contributed by atoms with Crippen LogP contribution in [0.15, 0.2) is 60.7 Å². The lowest BCUT2D eigenvalue weighted by Gasteiger charge is -2.03. The van der Waals surface area contributed by atoms with Gasteiger partial charge in [-0.05, 0) is 36.1 Å². The molecule has 1 aromatic heterocycles. The average molecular weight is 238 g/mol. The highest BCUT2D eigenvalue weighted by atomic mass is 32.1. The molecule has 0 bridgehead atoms. The van der Waals surface area contributed by atoms with Crippen LogP contribution < -0.4 is 0 Å². The van der Waals surface area contributed by atoms with Crippen LogP contribution >= 0.6 is 11.3 Å². The highest BCUT2D eigenvalue weighted by molar-refractivity contribution is 7.16. The van der Waals surface area contributed by atoms with Gasteiger partial charge in [-0.3, -0.25) is 0 Å². The maximum Gasteiger partial charge on any atom is 0.0349 e. The number of hydrogen-bond donors (Lipinski definition) is 0. The number of benzene rings is 1. The Balaban J connectivity index is 1.93. The van der Waals surface area contributed by atoms with Crippen molar-refractivity contribution < 1.29 is 0 Å². The molecule has 3 rings (SSSR count). The molecule has 1 heteroatoms. The molecule has 0 nitrogen and oxygen atoms in total. The van der Waals surface area contributed by atoms with Crippen LogP contribution in [0, 0.1) is 0 Å². The minimum atomic E-state index is 1.17. The van der Waals surface area contributed by atoms with E-state index in [0.717, 1.165) is 0 Å². The van der Waals surface area contributed by atoms with Crippen LogP contribution in [0.25, 0.3) is 16.0 Å². The zero-order valence-corrected chi connectivity index (χ0v) is 10.4. The molecule has 0 saturated carbocycles. The van der Waals surface area contributed by atoms with Gasteiger partial charge in [0, 0.05) is 9.75 Å². The second-order valence-corrected chi connectivity index (χ2v) is 5.25. The van der Waals surface area contributed by atoms with Crippen LogP contribution in [0.3, 0.4) is 0 Å². The number of hydrogen-bond acceptors (Lipinski definition) is 1. The van der Waals surface area contributed by atoms with Gasteiger partial charge in [0.05, 0.1) is 0 Å². The van der Waals surface area contributed by atoms with Crippen LogP contribution in [0.5, 0.6) is 0 Å². The van der Waals surface area contributed by atoms with E-state index in [9.17, 15) is 0 Å². The first-order valence-electron chi connectivity index (χ1n) is 5.96. The normalized spacial score (nSPS) is 14.7. The highest BCUT2D eigenvalue weighted by Crippen LogP contribution is 2.33. The van der Waals surface area contributed by atoms with E-state index in [-0.39, 0.29) is 0 Å². The third-order valence-electron chi connectivity index (χ3n) is 2.94. The predicted molar refractivity (Wildman–Crippen MR) is 76.1 cm³/mol. The Bertz CT molecular complexity index is 558.